The highest BCUT2D eigenvalue weighted by Crippen LogP contribution is 2.09. The van der Waals surface area contributed by atoms with E-state index in [-0.39, 0.29) is 12.4 Å². The largest absolute Gasteiger partial charge is 0.469 e. The number of unbranched alkanes of at least 4 members (excludes halogenated alkanes) is 8. The van der Waals surface area contributed by atoms with Gasteiger partial charge >= 0.3 is 5.97 Å². The second kappa shape index (κ2) is 15.9. The Hall–Kier alpha value is -1.52. The third-order valence-corrected chi connectivity index (χ3v) is 3.51. The summed E-state index contributed by atoms with van der Waals surface area (Å²) >= 11 is 0. The number of methoxy groups -OCH3 is 1. The van der Waals surface area contributed by atoms with Crippen LogP contribution in [0.2, 0.25) is 0 Å². The summed E-state index contributed by atoms with van der Waals surface area (Å²) in [6, 6.07) is 0. The number of nitrogens with zero attached hydrogens (tertiary/aromatic N) is 1. The normalized spacial score (nSPS) is 10.8. The molecule has 0 atom stereocenters. The summed E-state index contributed by atoms with van der Waals surface area (Å²) in [6.45, 7) is 0. The number of carbonyl (C=O) groups excluding carboxylic acids is 2. The summed E-state index contributed by atoms with van der Waals surface area (Å²) in [5, 5.41) is 2.37. The van der Waals surface area contributed by atoms with Crippen LogP contribution in [0.25, 0.3) is 0 Å². The molecule has 0 aliphatic carbocycles. The first-order chi connectivity index (χ1) is 10.7. The third-order valence-electron chi connectivity index (χ3n) is 3.51. The SMILES string of the molecule is COC(=O)CCCCCCC/C=C\CCCCCC(=O)N=O. The molecular weight excluding hydrogens is 282 g/mol. The minimum atomic E-state index is -0.540. The summed E-state index contributed by atoms with van der Waals surface area (Å²) in [6.07, 6.45) is 15.7. The summed E-state index contributed by atoms with van der Waals surface area (Å²) in [7, 11) is 1.43. The van der Waals surface area contributed by atoms with Gasteiger partial charge in [-0.25, -0.2) is 0 Å². The zero-order valence-corrected chi connectivity index (χ0v) is 13.7. The van der Waals surface area contributed by atoms with Crippen molar-refractivity contribution in [2.45, 2.75) is 77.0 Å². The highest BCUT2D eigenvalue weighted by atomic mass is 16.5. The van der Waals surface area contributed by atoms with Crippen molar-refractivity contribution >= 4 is 11.9 Å². The molecule has 0 saturated heterocycles. The van der Waals surface area contributed by atoms with Gasteiger partial charge < -0.3 is 4.74 Å². The molecule has 0 aliphatic rings. The Kier molecular flexibility index (Phi) is 14.8. The summed E-state index contributed by atoms with van der Waals surface area (Å²) in [5.41, 5.74) is 0. The Labute approximate surface area is 133 Å². The first-order valence-electron chi connectivity index (χ1n) is 8.28. The minimum absolute atomic E-state index is 0.116. The molecule has 0 fully saturated rings. The van der Waals surface area contributed by atoms with E-state index in [0.29, 0.717) is 6.42 Å². The zero-order chi connectivity index (χ0) is 16.5. The van der Waals surface area contributed by atoms with Crippen molar-refractivity contribution in [2.24, 2.45) is 5.18 Å². The number of hydrogen-bond donors (Lipinski definition) is 0. The minimum Gasteiger partial charge on any atom is -0.469 e. The molecule has 5 nitrogen and oxygen atoms in total. The van der Waals surface area contributed by atoms with E-state index in [1.54, 1.807) is 0 Å². The van der Waals surface area contributed by atoms with Crippen LogP contribution in [0.3, 0.4) is 0 Å². The van der Waals surface area contributed by atoms with Crippen molar-refractivity contribution in [3.05, 3.63) is 17.1 Å². The van der Waals surface area contributed by atoms with Crippen LogP contribution in [-0.2, 0) is 14.3 Å². The summed E-state index contributed by atoms with van der Waals surface area (Å²) in [5.74, 6) is -0.656. The lowest BCUT2D eigenvalue weighted by Crippen LogP contribution is -1.98. The molecule has 0 unspecified atom stereocenters. The van der Waals surface area contributed by atoms with Crippen molar-refractivity contribution < 1.29 is 14.3 Å². The molecule has 0 spiro atoms. The summed E-state index contributed by atoms with van der Waals surface area (Å²) < 4.78 is 4.59. The molecule has 0 aromatic carbocycles. The number of carbonyl (C=O) groups is 2. The van der Waals surface area contributed by atoms with E-state index in [1.165, 1.54) is 26.4 Å². The van der Waals surface area contributed by atoms with E-state index in [4.69, 9.17) is 0 Å². The van der Waals surface area contributed by atoms with Crippen LogP contribution < -0.4 is 0 Å². The van der Waals surface area contributed by atoms with Gasteiger partial charge in [0, 0.05) is 18.0 Å². The second-order valence-corrected chi connectivity index (χ2v) is 5.44. The predicted octanol–water partition coefficient (Wildman–Crippen LogP) is 4.69. The lowest BCUT2D eigenvalue weighted by atomic mass is 10.1. The van der Waals surface area contributed by atoms with Gasteiger partial charge in [0.2, 0.25) is 0 Å². The van der Waals surface area contributed by atoms with E-state index in [9.17, 15) is 14.5 Å². The van der Waals surface area contributed by atoms with Gasteiger partial charge in [0.1, 0.15) is 0 Å². The number of hydrogen-bond acceptors (Lipinski definition) is 4. The number of amides is 1. The molecule has 0 heterocycles. The van der Waals surface area contributed by atoms with Crippen molar-refractivity contribution in [2.75, 3.05) is 7.11 Å². The molecule has 0 radical (unpaired) electrons. The molecule has 0 bridgehead atoms. The average molecular weight is 311 g/mol. The fourth-order valence-corrected chi connectivity index (χ4v) is 2.16. The summed E-state index contributed by atoms with van der Waals surface area (Å²) in [4.78, 5) is 31.4. The monoisotopic (exact) mass is 311 g/mol. The maximum atomic E-state index is 10.9. The molecule has 126 valence electrons. The molecule has 0 aliphatic heterocycles. The first kappa shape index (κ1) is 20.5. The van der Waals surface area contributed by atoms with Crippen molar-refractivity contribution in [1.29, 1.82) is 0 Å². The quantitative estimate of drug-likeness (QED) is 0.202. The van der Waals surface area contributed by atoms with E-state index in [0.717, 1.165) is 44.9 Å². The molecule has 22 heavy (non-hydrogen) atoms. The van der Waals surface area contributed by atoms with Gasteiger partial charge in [-0.3, -0.25) is 9.59 Å². The molecule has 5 heteroatoms. The fourth-order valence-electron chi connectivity index (χ4n) is 2.16. The standard InChI is InChI=1S/C17H29NO4/c1-22-17(20)15-13-11-9-7-5-3-2-4-6-8-10-12-14-16(19)18-21/h2,4H,3,5-15H2,1H3/b4-2-. The fraction of sp³-hybridized carbons (Fsp3) is 0.765. The van der Waals surface area contributed by atoms with Crippen molar-refractivity contribution in [3.8, 4) is 0 Å². The van der Waals surface area contributed by atoms with Crippen LogP contribution in [0.5, 0.6) is 0 Å². The van der Waals surface area contributed by atoms with Crippen LogP contribution in [0.15, 0.2) is 17.3 Å². The van der Waals surface area contributed by atoms with Gasteiger partial charge in [-0.15, -0.1) is 4.91 Å². The second-order valence-electron chi connectivity index (χ2n) is 5.44. The third kappa shape index (κ3) is 14.9. The average Bonchev–Trinajstić information content (AvgIpc) is 2.54. The lowest BCUT2D eigenvalue weighted by Gasteiger charge is -2.00. The van der Waals surface area contributed by atoms with E-state index in [2.05, 4.69) is 22.1 Å². The van der Waals surface area contributed by atoms with Gasteiger partial charge in [-0.05, 0) is 38.5 Å². The van der Waals surface area contributed by atoms with Crippen LogP contribution in [-0.4, -0.2) is 19.0 Å². The molecule has 0 aromatic heterocycles. The number of esters is 1. The molecule has 1 amide bonds. The number of nitroso groups, excluding NO2 is 1. The van der Waals surface area contributed by atoms with Crippen molar-refractivity contribution in [3.63, 3.8) is 0 Å². The van der Waals surface area contributed by atoms with Crippen LogP contribution in [0.4, 0.5) is 0 Å². The Bertz CT molecular complexity index is 340. The highest BCUT2D eigenvalue weighted by Gasteiger charge is 1.99. The molecule has 0 rings (SSSR count). The van der Waals surface area contributed by atoms with E-state index >= 15 is 0 Å². The molecule has 0 N–H and O–H groups in total. The lowest BCUT2D eigenvalue weighted by molar-refractivity contribution is -0.140. The van der Waals surface area contributed by atoms with Gasteiger partial charge in [0.05, 0.1) is 7.11 Å². The van der Waals surface area contributed by atoms with Gasteiger partial charge in [0.15, 0.2) is 0 Å². The van der Waals surface area contributed by atoms with Gasteiger partial charge in [-0.2, -0.15) is 0 Å². The Morgan fingerprint density at radius 2 is 1.32 bits per heavy atom. The van der Waals surface area contributed by atoms with Gasteiger partial charge in [-0.1, -0.05) is 37.8 Å². The highest BCUT2D eigenvalue weighted by molar-refractivity contribution is 5.76. The first-order valence-corrected chi connectivity index (χ1v) is 8.28. The van der Waals surface area contributed by atoms with E-state index < -0.39 is 5.91 Å². The van der Waals surface area contributed by atoms with Crippen LogP contribution >= 0.6 is 0 Å². The smallest absolute Gasteiger partial charge is 0.305 e. The molecule has 0 saturated carbocycles. The molecule has 0 aromatic rings. The Balaban J connectivity index is 3.19. The van der Waals surface area contributed by atoms with Crippen LogP contribution in [0, 0.1) is 4.91 Å². The molecular formula is C17H29NO4. The van der Waals surface area contributed by atoms with E-state index in [1.807, 2.05) is 0 Å². The number of allylic oxidation sites excluding steroid dienone is 2. The predicted molar refractivity (Wildman–Crippen MR) is 87.4 cm³/mol. The Morgan fingerprint density at radius 3 is 1.91 bits per heavy atom. The van der Waals surface area contributed by atoms with Crippen LogP contribution in [0.1, 0.15) is 77.0 Å². The van der Waals surface area contributed by atoms with Crippen molar-refractivity contribution in [1.82, 2.24) is 0 Å². The topological polar surface area (TPSA) is 72.8 Å². The maximum absolute atomic E-state index is 10.9. The van der Waals surface area contributed by atoms with Gasteiger partial charge in [0.25, 0.3) is 5.91 Å². The zero-order valence-electron chi connectivity index (χ0n) is 13.7. The number of ether oxygens (including phenoxy) is 1. The maximum Gasteiger partial charge on any atom is 0.305 e. The number of rotatable bonds is 14. The Morgan fingerprint density at radius 1 is 0.818 bits per heavy atom.